The van der Waals surface area contributed by atoms with Crippen LogP contribution in [-0.4, -0.2) is 6.54 Å². The standard InChI is InChI=1S/C11H19N/c12-6-9-5-11(9)10-4-7-1-2-8(10)3-7/h7-11H,1-6,12H2. The van der Waals surface area contributed by atoms with Gasteiger partial charge in [-0.25, -0.2) is 0 Å². The molecule has 2 bridgehead atoms. The van der Waals surface area contributed by atoms with E-state index in [1.807, 2.05) is 0 Å². The maximum atomic E-state index is 5.69. The molecule has 68 valence electrons. The van der Waals surface area contributed by atoms with E-state index in [1.54, 1.807) is 25.7 Å². The second-order valence-corrected chi connectivity index (χ2v) is 5.23. The molecule has 5 atom stereocenters. The van der Waals surface area contributed by atoms with Gasteiger partial charge in [0.25, 0.3) is 0 Å². The van der Waals surface area contributed by atoms with E-state index in [4.69, 9.17) is 5.73 Å². The highest BCUT2D eigenvalue weighted by molar-refractivity contribution is 5.00. The van der Waals surface area contributed by atoms with Crippen molar-refractivity contribution in [1.29, 1.82) is 0 Å². The Morgan fingerprint density at radius 3 is 2.42 bits per heavy atom. The molecule has 3 fully saturated rings. The second kappa shape index (κ2) is 2.47. The molecule has 3 saturated carbocycles. The van der Waals surface area contributed by atoms with Crippen LogP contribution in [0.15, 0.2) is 0 Å². The highest BCUT2D eigenvalue weighted by Gasteiger charge is 2.50. The fourth-order valence-electron chi connectivity index (χ4n) is 3.88. The van der Waals surface area contributed by atoms with Gasteiger partial charge in [0.2, 0.25) is 0 Å². The minimum absolute atomic E-state index is 0.925. The van der Waals surface area contributed by atoms with Crippen molar-refractivity contribution in [3.8, 4) is 0 Å². The third-order valence-electron chi connectivity index (χ3n) is 4.62. The van der Waals surface area contributed by atoms with Gasteiger partial charge in [0.05, 0.1) is 0 Å². The van der Waals surface area contributed by atoms with Gasteiger partial charge < -0.3 is 5.73 Å². The van der Waals surface area contributed by atoms with Gasteiger partial charge in [-0.3, -0.25) is 0 Å². The van der Waals surface area contributed by atoms with Crippen molar-refractivity contribution in [2.75, 3.05) is 6.54 Å². The Labute approximate surface area is 74.7 Å². The Hall–Kier alpha value is -0.0400. The summed E-state index contributed by atoms with van der Waals surface area (Å²) < 4.78 is 0. The van der Waals surface area contributed by atoms with Gasteiger partial charge in [0, 0.05) is 0 Å². The zero-order valence-corrected chi connectivity index (χ0v) is 7.71. The fraction of sp³-hybridized carbons (Fsp3) is 1.00. The van der Waals surface area contributed by atoms with Crippen LogP contribution in [-0.2, 0) is 0 Å². The summed E-state index contributed by atoms with van der Waals surface area (Å²) in [6.07, 6.45) is 7.68. The highest BCUT2D eigenvalue weighted by atomic mass is 14.6. The van der Waals surface area contributed by atoms with E-state index in [2.05, 4.69) is 0 Å². The molecule has 3 rings (SSSR count). The van der Waals surface area contributed by atoms with E-state index in [0.29, 0.717) is 0 Å². The number of rotatable bonds is 2. The second-order valence-electron chi connectivity index (χ2n) is 5.23. The van der Waals surface area contributed by atoms with Gasteiger partial charge >= 0.3 is 0 Å². The van der Waals surface area contributed by atoms with Gasteiger partial charge in [-0.15, -0.1) is 0 Å². The van der Waals surface area contributed by atoms with Crippen LogP contribution in [0.3, 0.4) is 0 Å². The molecule has 12 heavy (non-hydrogen) atoms. The van der Waals surface area contributed by atoms with E-state index in [9.17, 15) is 0 Å². The minimum atomic E-state index is 0.925. The molecule has 0 heterocycles. The lowest BCUT2D eigenvalue weighted by Gasteiger charge is -2.21. The quantitative estimate of drug-likeness (QED) is 0.665. The van der Waals surface area contributed by atoms with Crippen molar-refractivity contribution in [2.24, 2.45) is 35.3 Å². The molecule has 3 aliphatic carbocycles. The third-order valence-corrected chi connectivity index (χ3v) is 4.62. The number of hydrogen-bond acceptors (Lipinski definition) is 1. The smallest absolute Gasteiger partial charge is 0.00460 e. The van der Waals surface area contributed by atoms with Crippen molar-refractivity contribution in [3.05, 3.63) is 0 Å². The van der Waals surface area contributed by atoms with E-state index in [1.165, 1.54) is 6.42 Å². The average molecular weight is 165 g/mol. The lowest BCUT2D eigenvalue weighted by Crippen LogP contribution is -2.15. The Morgan fingerprint density at radius 1 is 1.00 bits per heavy atom. The molecule has 1 nitrogen and oxygen atoms in total. The predicted molar refractivity (Wildman–Crippen MR) is 49.6 cm³/mol. The van der Waals surface area contributed by atoms with E-state index < -0.39 is 0 Å². The van der Waals surface area contributed by atoms with E-state index in [-0.39, 0.29) is 0 Å². The molecule has 0 aliphatic heterocycles. The number of nitrogens with two attached hydrogens (primary N) is 1. The molecule has 1 heteroatoms. The zero-order valence-electron chi connectivity index (χ0n) is 7.71. The molecule has 0 aromatic rings. The van der Waals surface area contributed by atoms with Crippen LogP contribution in [0.2, 0.25) is 0 Å². The topological polar surface area (TPSA) is 26.0 Å². The third kappa shape index (κ3) is 0.953. The Kier molecular flexibility index (Phi) is 1.52. The summed E-state index contributed by atoms with van der Waals surface area (Å²) in [6, 6.07) is 0. The van der Waals surface area contributed by atoms with Gasteiger partial charge in [0.15, 0.2) is 0 Å². The van der Waals surface area contributed by atoms with Crippen molar-refractivity contribution >= 4 is 0 Å². The lowest BCUT2D eigenvalue weighted by atomic mass is 9.84. The first kappa shape index (κ1) is 7.37. The molecule has 5 unspecified atom stereocenters. The normalized spacial score (nSPS) is 56.2. The molecule has 0 aromatic carbocycles. The average Bonchev–Trinajstić information content (AvgIpc) is 2.59. The summed E-state index contributed by atoms with van der Waals surface area (Å²) in [5.74, 6) is 5.34. The number of fused-ring (bicyclic) bond motifs is 2. The van der Waals surface area contributed by atoms with Gasteiger partial charge in [-0.2, -0.15) is 0 Å². The van der Waals surface area contributed by atoms with Gasteiger partial charge in [-0.1, -0.05) is 6.42 Å². The number of hydrogen-bond donors (Lipinski definition) is 1. The lowest BCUT2D eigenvalue weighted by molar-refractivity contribution is 0.286. The minimum Gasteiger partial charge on any atom is -0.330 e. The van der Waals surface area contributed by atoms with Crippen LogP contribution >= 0.6 is 0 Å². The van der Waals surface area contributed by atoms with Crippen LogP contribution in [0.1, 0.15) is 32.1 Å². The molecule has 0 amide bonds. The van der Waals surface area contributed by atoms with Crippen LogP contribution in [0.25, 0.3) is 0 Å². The van der Waals surface area contributed by atoms with Crippen LogP contribution in [0.4, 0.5) is 0 Å². The van der Waals surface area contributed by atoms with Crippen LogP contribution in [0, 0.1) is 29.6 Å². The summed E-state index contributed by atoms with van der Waals surface area (Å²) in [6.45, 7) is 0.957. The molecule has 0 spiro atoms. The van der Waals surface area contributed by atoms with Gasteiger partial charge in [-0.05, 0) is 61.8 Å². The first-order valence-electron chi connectivity index (χ1n) is 5.58. The molecule has 2 N–H and O–H groups in total. The van der Waals surface area contributed by atoms with Gasteiger partial charge in [0.1, 0.15) is 0 Å². The highest BCUT2D eigenvalue weighted by Crippen LogP contribution is 2.58. The summed E-state index contributed by atoms with van der Waals surface area (Å²) >= 11 is 0. The molecule has 0 radical (unpaired) electrons. The SMILES string of the molecule is NCC1CC1C1CC2CCC1C2. The molecule has 0 saturated heterocycles. The summed E-state index contributed by atoms with van der Waals surface area (Å²) in [4.78, 5) is 0. The Balaban J connectivity index is 1.65. The zero-order chi connectivity index (χ0) is 8.13. The predicted octanol–water partition coefficient (Wildman–Crippen LogP) is 2.02. The molecule has 3 aliphatic rings. The Morgan fingerprint density at radius 2 is 1.92 bits per heavy atom. The summed E-state index contributed by atoms with van der Waals surface area (Å²) in [5.41, 5.74) is 5.69. The van der Waals surface area contributed by atoms with Crippen LogP contribution < -0.4 is 5.73 Å². The van der Waals surface area contributed by atoms with E-state index in [0.717, 1.165) is 36.1 Å². The molecule has 0 aromatic heterocycles. The first-order chi connectivity index (χ1) is 5.88. The molecular weight excluding hydrogens is 146 g/mol. The monoisotopic (exact) mass is 165 g/mol. The van der Waals surface area contributed by atoms with E-state index >= 15 is 0 Å². The van der Waals surface area contributed by atoms with Crippen molar-refractivity contribution in [3.63, 3.8) is 0 Å². The maximum Gasteiger partial charge on any atom is -0.00460 e. The van der Waals surface area contributed by atoms with Crippen molar-refractivity contribution in [2.45, 2.75) is 32.1 Å². The van der Waals surface area contributed by atoms with Crippen LogP contribution in [0.5, 0.6) is 0 Å². The van der Waals surface area contributed by atoms with Crippen molar-refractivity contribution in [1.82, 2.24) is 0 Å². The summed E-state index contributed by atoms with van der Waals surface area (Å²) in [7, 11) is 0. The Bertz CT molecular complexity index is 189. The fourth-order valence-corrected chi connectivity index (χ4v) is 3.88. The summed E-state index contributed by atoms with van der Waals surface area (Å²) in [5, 5.41) is 0. The maximum absolute atomic E-state index is 5.69. The van der Waals surface area contributed by atoms with Crippen molar-refractivity contribution < 1.29 is 0 Å². The largest absolute Gasteiger partial charge is 0.330 e. The molecular formula is C11H19N. The first-order valence-corrected chi connectivity index (χ1v) is 5.58.